The zero-order chi connectivity index (χ0) is 9.52. The van der Waals surface area contributed by atoms with Crippen molar-refractivity contribution in [3.05, 3.63) is 24.3 Å². The Bertz CT molecular complexity index is 250. The summed E-state index contributed by atoms with van der Waals surface area (Å²) in [5.74, 6) is 1.09. The molecule has 0 atom stereocenters. The first kappa shape index (κ1) is 10.4. The summed E-state index contributed by atoms with van der Waals surface area (Å²) in [5, 5.41) is 3.28. The molecule has 0 saturated heterocycles. The molecule has 2 nitrogen and oxygen atoms in total. The standard InChI is InChI=1S/C10H16N2S/c1-2-12-6-7-13-10-5-3-4-9(11)8-10/h3-5,8,12H,2,6-7,11H2,1H3. The highest BCUT2D eigenvalue weighted by Crippen LogP contribution is 2.19. The van der Waals surface area contributed by atoms with Gasteiger partial charge in [0.05, 0.1) is 0 Å². The summed E-state index contributed by atoms with van der Waals surface area (Å²) in [4.78, 5) is 1.25. The summed E-state index contributed by atoms with van der Waals surface area (Å²) in [6.45, 7) is 4.21. The van der Waals surface area contributed by atoms with Gasteiger partial charge in [-0.05, 0) is 24.7 Å². The van der Waals surface area contributed by atoms with Crippen LogP contribution in [0, 0.1) is 0 Å². The van der Waals surface area contributed by atoms with E-state index in [1.54, 1.807) is 0 Å². The van der Waals surface area contributed by atoms with Gasteiger partial charge in [-0.25, -0.2) is 0 Å². The summed E-state index contributed by atoms with van der Waals surface area (Å²) in [6, 6.07) is 8.00. The molecule has 0 unspecified atom stereocenters. The third-order valence-electron chi connectivity index (χ3n) is 1.66. The fourth-order valence-electron chi connectivity index (χ4n) is 1.02. The van der Waals surface area contributed by atoms with Gasteiger partial charge in [0, 0.05) is 22.9 Å². The zero-order valence-electron chi connectivity index (χ0n) is 7.92. The van der Waals surface area contributed by atoms with Crippen LogP contribution in [0.1, 0.15) is 6.92 Å². The van der Waals surface area contributed by atoms with Crippen LogP contribution >= 0.6 is 11.8 Å². The van der Waals surface area contributed by atoms with Crippen molar-refractivity contribution in [2.45, 2.75) is 11.8 Å². The van der Waals surface area contributed by atoms with Crippen molar-refractivity contribution < 1.29 is 0 Å². The SMILES string of the molecule is CCNCCSc1cccc(N)c1. The van der Waals surface area contributed by atoms with Gasteiger partial charge in [0.1, 0.15) is 0 Å². The van der Waals surface area contributed by atoms with E-state index in [-0.39, 0.29) is 0 Å². The topological polar surface area (TPSA) is 38.0 Å². The molecule has 0 amide bonds. The van der Waals surface area contributed by atoms with Crippen LogP contribution in [0.2, 0.25) is 0 Å². The van der Waals surface area contributed by atoms with Gasteiger partial charge in [0.2, 0.25) is 0 Å². The Morgan fingerprint density at radius 3 is 3.00 bits per heavy atom. The maximum atomic E-state index is 5.66. The van der Waals surface area contributed by atoms with Crippen molar-refractivity contribution in [1.82, 2.24) is 5.32 Å². The lowest BCUT2D eigenvalue weighted by Gasteiger charge is -2.02. The van der Waals surface area contributed by atoms with Gasteiger partial charge >= 0.3 is 0 Å². The van der Waals surface area contributed by atoms with Gasteiger partial charge in [-0.1, -0.05) is 13.0 Å². The number of thioether (sulfide) groups is 1. The molecule has 0 spiro atoms. The molecular formula is C10H16N2S. The van der Waals surface area contributed by atoms with Crippen molar-refractivity contribution in [3.63, 3.8) is 0 Å². The predicted octanol–water partition coefficient (Wildman–Crippen LogP) is 1.97. The number of anilines is 1. The molecule has 0 aliphatic carbocycles. The molecule has 0 saturated carbocycles. The maximum Gasteiger partial charge on any atom is 0.0325 e. The summed E-state index contributed by atoms with van der Waals surface area (Å²) in [5.41, 5.74) is 6.50. The van der Waals surface area contributed by atoms with E-state index in [0.717, 1.165) is 24.5 Å². The Hall–Kier alpha value is -0.670. The Kier molecular flexibility index (Phi) is 4.72. The maximum absolute atomic E-state index is 5.66. The minimum atomic E-state index is 0.841. The quantitative estimate of drug-likeness (QED) is 0.429. The van der Waals surface area contributed by atoms with Crippen LogP contribution in [0.15, 0.2) is 29.2 Å². The highest BCUT2D eigenvalue weighted by Gasteiger charge is 1.93. The smallest absolute Gasteiger partial charge is 0.0325 e. The second kappa shape index (κ2) is 5.89. The van der Waals surface area contributed by atoms with E-state index < -0.39 is 0 Å². The first-order chi connectivity index (χ1) is 6.33. The largest absolute Gasteiger partial charge is 0.399 e. The summed E-state index contributed by atoms with van der Waals surface area (Å²) in [7, 11) is 0. The highest BCUT2D eigenvalue weighted by molar-refractivity contribution is 7.99. The molecule has 3 N–H and O–H groups in total. The van der Waals surface area contributed by atoms with E-state index in [1.165, 1.54) is 4.90 Å². The fourth-order valence-corrected chi connectivity index (χ4v) is 1.90. The highest BCUT2D eigenvalue weighted by atomic mass is 32.2. The van der Waals surface area contributed by atoms with Crippen molar-refractivity contribution in [3.8, 4) is 0 Å². The van der Waals surface area contributed by atoms with Gasteiger partial charge in [0.25, 0.3) is 0 Å². The van der Waals surface area contributed by atoms with Crippen LogP contribution in [0.5, 0.6) is 0 Å². The number of benzene rings is 1. The average Bonchev–Trinajstić information content (AvgIpc) is 2.13. The molecule has 0 aliphatic heterocycles. The Labute approximate surface area is 83.9 Å². The number of hydrogen-bond acceptors (Lipinski definition) is 3. The lowest BCUT2D eigenvalue weighted by Crippen LogP contribution is -2.15. The van der Waals surface area contributed by atoms with Crippen LogP contribution in [-0.4, -0.2) is 18.8 Å². The van der Waals surface area contributed by atoms with Gasteiger partial charge in [0.15, 0.2) is 0 Å². The first-order valence-electron chi connectivity index (χ1n) is 4.52. The van der Waals surface area contributed by atoms with E-state index >= 15 is 0 Å². The van der Waals surface area contributed by atoms with Crippen LogP contribution in [0.4, 0.5) is 5.69 Å². The third kappa shape index (κ3) is 4.20. The van der Waals surface area contributed by atoms with Crippen molar-refractivity contribution >= 4 is 17.4 Å². The van der Waals surface area contributed by atoms with Gasteiger partial charge in [-0.15, -0.1) is 11.8 Å². The summed E-state index contributed by atoms with van der Waals surface area (Å²) in [6.07, 6.45) is 0. The average molecular weight is 196 g/mol. The lowest BCUT2D eigenvalue weighted by atomic mass is 10.3. The molecule has 72 valence electrons. The summed E-state index contributed by atoms with van der Waals surface area (Å²) >= 11 is 1.83. The van der Waals surface area contributed by atoms with Gasteiger partial charge in [-0.2, -0.15) is 0 Å². The number of hydrogen-bond donors (Lipinski definition) is 2. The number of nitrogens with one attached hydrogen (secondary N) is 1. The van der Waals surface area contributed by atoms with E-state index in [9.17, 15) is 0 Å². The monoisotopic (exact) mass is 196 g/mol. The molecule has 0 heterocycles. The number of nitrogen functional groups attached to an aromatic ring is 1. The molecule has 1 aromatic rings. The molecular weight excluding hydrogens is 180 g/mol. The predicted molar refractivity (Wildman–Crippen MR) is 60.1 cm³/mol. The molecule has 0 aliphatic rings. The lowest BCUT2D eigenvalue weighted by molar-refractivity contribution is 0.768. The number of nitrogens with two attached hydrogens (primary N) is 1. The normalized spacial score (nSPS) is 10.2. The Morgan fingerprint density at radius 2 is 2.31 bits per heavy atom. The number of rotatable bonds is 5. The molecule has 0 bridgehead atoms. The van der Waals surface area contributed by atoms with Crippen LogP contribution < -0.4 is 11.1 Å². The summed E-state index contributed by atoms with van der Waals surface area (Å²) < 4.78 is 0. The van der Waals surface area contributed by atoms with Crippen LogP contribution in [0.3, 0.4) is 0 Å². The van der Waals surface area contributed by atoms with E-state index in [0.29, 0.717) is 0 Å². The minimum Gasteiger partial charge on any atom is -0.399 e. The molecule has 0 aromatic heterocycles. The molecule has 1 rings (SSSR count). The minimum absolute atomic E-state index is 0.841. The first-order valence-corrected chi connectivity index (χ1v) is 5.50. The van der Waals surface area contributed by atoms with Gasteiger partial charge in [-0.3, -0.25) is 0 Å². The van der Waals surface area contributed by atoms with Crippen molar-refractivity contribution in [2.24, 2.45) is 0 Å². The molecule has 3 heteroatoms. The van der Waals surface area contributed by atoms with E-state index in [4.69, 9.17) is 5.73 Å². The fraction of sp³-hybridized carbons (Fsp3) is 0.400. The van der Waals surface area contributed by atoms with Crippen LogP contribution in [0.25, 0.3) is 0 Å². The van der Waals surface area contributed by atoms with Crippen molar-refractivity contribution in [1.29, 1.82) is 0 Å². The Balaban J connectivity index is 2.28. The zero-order valence-corrected chi connectivity index (χ0v) is 8.73. The molecule has 0 radical (unpaired) electrons. The second-order valence-corrected chi connectivity index (χ2v) is 3.94. The van der Waals surface area contributed by atoms with Gasteiger partial charge < -0.3 is 11.1 Å². The third-order valence-corrected chi connectivity index (χ3v) is 2.65. The molecule has 1 aromatic carbocycles. The van der Waals surface area contributed by atoms with Crippen molar-refractivity contribution in [2.75, 3.05) is 24.6 Å². The molecule has 0 fully saturated rings. The van der Waals surface area contributed by atoms with E-state index in [2.05, 4.69) is 18.3 Å². The molecule has 13 heavy (non-hydrogen) atoms. The Morgan fingerprint density at radius 1 is 1.46 bits per heavy atom. The van der Waals surface area contributed by atoms with Crippen LogP contribution in [-0.2, 0) is 0 Å². The second-order valence-electron chi connectivity index (χ2n) is 2.77. The van der Waals surface area contributed by atoms with E-state index in [1.807, 2.05) is 30.0 Å².